The molecule has 10 heteroatoms. The summed E-state index contributed by atoms with van der Waals surface area (Å²) >= 11 is 0. The van der Waals surface area contributed by atoms with Crippen LogP contribution in [0.25, 0.3) is 16.6 Å². The predicted molar refractivity (Wildman–Crippen MR) is 128 cm³/mol. The molecule has 1 aliphatic carbocycles. The fourth-order valence-electron chi connectivity index (χ4n) is 4.46. The summed E-state index contributed by atoms with van der Waals surface area (Å²) in [6, 6.07) is 12.9. The molecule has 2 heterocycles. The van der Waals surface area contributed by atoms with Crippen LogP contribution < -0.4 is 16.6 Å². The van der Waals surface area contributed by atoms with Crippen LogP contribution in [0.4, 0.5) is 14.6 Å². The van der Waals surface area contributed by atoms with E-state index in [-0.39, 0.29) is 35.5 Å². The lowest BCUT2D eigenvalue weighted by atomic mass is 9.78. The molecule has 8 nitrogen and oxygen atoms in total. The van der Waals surface area contributed by atoms with E-state index in [9.17, 15) is 18.4 Å². The van der Waals surface area contributed by atoms with Gasteiger partial charge in [-0.2, -0.15) is 10.2 Å². The number of nitrogens with two attached hydrogens (primary N) is 1. The van der Waals surface area contributed by atoms with E-state index < -0.39 is 17.4 Å². The number of hydrogen-bond acceptors (Lipinski definition) is 5. The second-order valence-corrected chi connectivity index (χ2v) is 9.09. The quantitative estimate of drug-likeness (QED) is 0.404. The maximum Gasteiger partial charge on any atom is 0.275 e. The fraction of sp³-hybridized carbons (Fsp3) is 0.280. The average Bonchev–Trinajstić information content (AvgIpc) is 3.22. The number of nitrogens with one attached hydrogen (secondary N) is 2. The Labute approximate surface area is 199 Å². The number of aromatic nitrogens is 4. The van der Waals surface area contributed by atoms with Crippen LogP contribution >= 0.6 is 0 Å². The number of aromatic amines is 1. The molecule has 0 bridgehead atoms. The second-order valence-electron chi connectivity index (χ2n) is 9.09. The third-order valence-electron chi connectivity index (χ3n) is 6.41. The normalized spacial score (nSPS) is 15.2. The molecule has 0 radical (unpaired) electrons. The van der Waals surface area contributed by atoms with Gasteiger partial charge in [-0.3, -0.25) is 9.59 Å². The van der Waals surface area contributed by atoms with E-state index in [4.69, 9.17) is 5.73 Å². The zero-order valence-electron chi connectivity index (χ0n) is 19.2. The van der Waals surface area contributed by atoms with Gasteiger partial charge in [0.2, 0.25) is 5.92 Å². The summed E-state index contributed by atoms with van der Waals surface area (Å²) in [5.41, 5.74) is 10.1. The molecule has 0 atom stereocenters. The van der Waals surface area contributed by atoms with Crippen LogP contribution in [0.2, 0.25) is 0 Å². The van der Waals surface area contributed by atoms with Gasteiger partial charge >= 0.3 is 0 Å². The van der Waals surface area contributed by atoms with Crippen LogP contribution in [0.1, 0.15) is 51.5 Å². The number of fused-ring (bicyclic) bond motifs is 1. The van der Waals surface area contributed by atoms with E-state index in [0.29, 0.717) is 23.5 Å². The van der Waals surface area contributed by atoms with Crippen molar-refractivity contribution in [1.82, 2.24) is 25.3 Å². The fourth-order valence-corrected chi connectivity index (χ4v) is 4.46. The van der Waals surface area contributed by atoms with Crippen molar-refractivity contribution >= 4 is 22.6 Å². The van der Waals surface area contributed by atoms with Gasteiger partial charge in [-0.1, -0.05) is 29.8 Å². The maximum atomic E-state index is 13.5. The van der Waals surface area contributed by atoms with Crippen molar-refractivity contribution < 1.29 is 13.6 Å². The molecule has 180 valence electrons. The summed E-state index contributed by atoms with van der Waals surface area (Å²) in [4.78, 5) is 25.1. The van der Waals surface area contributed by atoms with E-state index in [1.54, 1.807) is 12.1 Å². The van der Waals surface area contributed by atoms with Gasteiger partial charge in [0.25, 0.3) is 11.5 Å². The number of rotatable bonds is 5. The molecule has 1 fully saturated rings. The molecule has 1 aliphatic rings. The average molecular weight is 479 g/mol. The molecule has 2 aromatic heterocycles. The standard InChI is InChI=1S/C25H24F2N6O2/c1-13-3-4-14(2)18(9-13)23(34)29-12-15-5-7-17(8-6-15)33-21-19(24(35)31-30-22(21)28)20(32-33)16-10-25(26,27)11-16/h3-9,16H,10-12H2,1-2H3,(H2,28,30)(H,29,34)(H,31,35). The zero-order valence-corrected chi connectivity index (χ0v) is 19.2. The molecule has 0 aliphatic heterocycles. The van der Waals surface area contributed by atoms with Crippen LogP contribution in [0, 0.1) is 13.8 Å². The summed E-state index contributed by atoms with van der Waals surface area (Å²) in [6.45, 7) is 4.15. The molecule has 5 rings (SSSR count). The monoisotopic (exact) mass is 478 g/mol. The molecule has 2 aromatic carbocycles. The highest BCUT2D eigenvalue weighted by Gasteiger charge is 2.48. The largest absolute Gasteiger partial charge is 0.380 e. The van der Waals surface area contributed by atoms with Crippen LogP contribution in [0.3, 0.4) is 0 Å². The van der Waals surface area contributed by atoms with Crippen LogP contribution in [0.5, 0.6) is 0 Å². The first-order chi connectivity index (χ1) is 16.6. The molecule has 4 aromatic rings. The van der Waals surface area contributed by atoms with Crippen molar-refractivity contribution in [2.45, 2.75) is 45.1 Å². The highest BCUT2D eigenvalue weighted by Crippen LogP contribution is 2.49. The first-order valence-corrected chi connectivity index (χ1v) is 11.2. The summed E-state index contributed by atoms with van der Waals surface area (Å²) < 4.78 is 28.5. The van der Waals surface area contributed by atoms with E-state index in [2.05, 4.69) is 20.6 Å². The number of nitrogens with zero attached hydrogens (tertiary/aromatic N) is 3. The lowest BCUT2D eigenvalue weighted by molar-refractivity contribution is -0.0873. The minimum atomic E-state index is -2.75. The third kappa shape index (κ3) is 4.16. The number of benzene rings is 2. The Morgan fingerprint density at radius 3 is 2.60 bits per heavy atom. The highest BCUT2D eigenvalue weighted by molar-refractivity contribution is 5.95. The summed E-state index contributed by atoms with van der Waals surface area (Å²) in [7, 11) is 0. The van der Waals surface area contributed by atoms with Gasteiger partial charge in [-0.25, -0.2) is 18.6 Å². The highest BCUT2D eigenvalue weighted by atomic mass is 19.3. The smallest absolute Gasteiger partial charge is 0.275 e. The number of halogens is 2. The Kier molecular flexibility index (Phi) is 5.38. The van der Waals surface area contributed by atoms with Gasteiger partial charge in [0, 0.05) is 30.9 Å². The van der Waals surface area contributed by atoms with Gasteiger partial charge in [0.05, 0.1) is 16.8 Å². The van der Waals surface area contributed by atoms with Gasteiger partial charge in [-0.15, -0.1) is 0 Å². The molecule has 1 saturated carbocycles. The van der Waals surface area contributed by atoms with Crippen molar-refractivity contribution in [3.8, 4) is 5.69 Å². The minimum Gasteiger partial charge on any atom is -0.380 e. The van der Waals surface area contributed by atoms with E-state index >= 15 is 0 Å². The van der Waals surface area contributed by atoms with Crippen LogP contribution in [0.15, 0.2) is 47.3 Å². The minimum absolute atomic E-state index is 0.0503. The van der Waals surface area contributed by atoms with Gasteiger partial charge in [-0.05, 0) is 43.2 Å². The number of anilines is 1. The zero-order chi connectivity index (χ0) is 24.9. The molecule has 4 N–H and O–H groups in total. The lowest BCUT2D eigenvalue weighted by Crippen LogP contribution is -2.34. The topological polar surface area (TPSA) is 119 Å². The van der Waals surface area contributed by atoms with Crippen molar-refractivity contribution in [2.24, 2.45) is 0 Å². The maximum absolute atomic E-state index is 13.5. The first-order valence-electron chi connectivity index (χ1n) is 11.2. The summed E-state index contributed by atoms with van der Waals surface area (Å²) in [6.07, 6.45) is -0.723. The molecule has 0 spiro atoms. The molecule has 0 unspecified atom stereocenters. The Hall–Kier alpha value is -4.08. The van der Waals surface area contributed by atoms with Crippen molar-refractivity contribution in [3.63, 3.8) is 0 Å². The van der Waals surface area contributed by atoms with E-state index in [1.807, 2.05) is 44.2 Å². The number of amides is 1. The molecular weight excluding hydrogens is 454 g/mol. The van der Waals surface area contributed by atoms with Gasteiger partial charge < -0.3 is 11.1 Å². The SMILES string of the molecule is Cc1ccc(C)c(C(=O)NCc2ccc(-n3nc(C4CC(F)(F)C4)c4c(=O)[nH]nc(N)c43)cc2)c1. The Morgan fingerprint density at radius 2 is 1.91 bits per heavy atom. The first kappa shape index (κ1) is 22.7. The number of carbonyl (C=O) groups is 1. The van der Waals surface area contributed by atoms with E-state index in [1.165, 1.54) is 4.68 Å². The number of hydrogen-bond donors (Lipinski definition) is 3. The van der Waals surface area contributed by atoms with Crippen molar-refractivity contribution in [3.05, 3.63) is 80.8 Å². The van der Waals surface area contributed by atoms with Gasteiger partial charge in [0.1, 0.15) is 5.52 Å². The van der Waals surface area contributed by atoms with Crippen molar-refractivity contribution in [1.29, 1.82) is 0 Å². The van der Waals surface area contributed by atoms with Crippen LogP contribution in [-0.4, -0.2) is 31.8 Å². The second kappa shape index (κ2) is 8.30. The Bertz CT molecular complexity index is 1500. The molecule has 1 amide bonds. The Morgan fingerprint density at radius 1 is 1.20 bits per heavy atom. The Balaban J connectivity index is 1.41. The number of nitrogen functional groups attached to an aromatic ring is 1. The number of aryl methyl sites for hydroxylation is 2. The lowest BCUT2D eigenvalue weighted by Gasteiger charge is -2.33. The molecular formula is C25H24F2N6O2. The number of H-pyrrole nitrogens is 1. The predicted octanol–water partition coefficient (Wildman–Crippen LogP) is 3.75. The van der Waals surface area contributed by atoms with Crippen molar-refractivity contribution in [2.75, 3.05) is 5.73 Å². The molecule has 0 saturated heterocycles. The van der Waals surface area contributed by atoms with Gasteiger partial charge in [0.15, 0.2) is 5.82 Å². The molecule has 35 heavy (non-hydrogen) atoms. The third-order valence-corrected chi connectivity index (χ3v) is 6.41. The number of alkyl halides is 2. The summed E-state index contributed by atoms with van der Waals surface area (Å²) in [5.74, 6) is -3.39. The van der Waals surface area contributed by atoms with Crippen LogP contribution in [-0.2, 0) is 6.54 Å². The number of carbonyl (C=O) groups excluding carboxylic acids is 1. The van der Waals surface area contributed by atoms with E-state index in [0.717, 1.165) is 16.7 Å². The summed E-state index contributed by atoms with van der Waals surface area (Å²) in [5, 5.41) is 13.8.